The Balaban J connectivity index is 2.01. The van der Waals surface area contributed by atoms with Crippen LogP contribution in [0, 0.1) is 5.82 Å². The lowest BCUT2D eigenvalue weighted by molar-refractivity contribution is 0.456. The largest absolute Gasteiger partial charge is 0.358 e. The van der Waals surface area contributed by atoms with Crippen LogP contribution in [0.5, 0.6) is 0 Å². The van der Waals surface area contributed by atoms with Gasteiger partial charge in [-0.15, -0.1) is 0 Å². The van der Waals surface area contributed by atoms with Crippen molar-refractivity contribution in [3.05, 3.63) is 35.8 Å². The third-order valence-electron chi connectivity index (χ3n) is 3.37. The molecular formula is C13H15FN2. The van der Waals surface area contributed by atoms with Gasteiger partial charge < -0.3 is 10.3 Å². The first-order valence-electron chi connectivity index (χ1n) is 5.82. The maximum Gasteiger partial charge on any atom is 0.132 e. The average molecular weight is 218 g/mol. The van der Waals surface area contributed by atoms with E-state index in [1.54, 1.807) is 6.07 Å². The van der Waals surface area contributed by atoms with Crippen LogP contribution in [0.1, 0.15) is 24.5 Å². The van der Waals surface area contributed by atoms with Gasteiger partial charge in [-0.25, -0.2) is 4.39 Å². The molecule has 1 unspecified atom stereocenters. The number of fused-ring (bicyclic) bond motifs is 1. The molecule has 0 amide bonds. The van der Waals surface area contributed by atoms with E-state index in [1.807, 2.05) is 12.1 Å². The van der Waals surface area contributed by atoms with E-state index in [1.165, 1.54) is 18.9 Å². The monoisotopic (exact) mass is 218 g/mol. The fourth-order valence-corrected chi connectivity index (χ4v) is 2.48. The first-order valence-corrected chi connectivity index (χ1v) is 5.82. The van der Waals surface area contributed by atoms with Crippen molar-refractivity contribution in [2.24, 2.45) is 0 Å². The number of hydrogen-bond acceptors (Lipinski definition) is 1. The predicted octanol–water partition coefficient (Wildman–Crippen LogP) is 2.77. The van der Waals surface area contributed by atoms with Crippen LogP contribution in [0.15, 0.2) is 24.3 Å². The van der Waals surface area contributed by atoms with E-state index in [2.05, 4.69) is 10.3 Å². The normalized spacial score (nSPS) is 21.4. The summed E-state index contributed by atoms with van der Waals surface area (Å²) in [6.07, 6.45) is 2.38. The summed E-state index contributed by atoms with van der Waals surface area (Å²) in [4.78, 5) is 3.33. The molecule has 2 aromatic rings. The highest BCUT2D eigenvalue weighted by Gasteiger charge is 2.17. The number of piperidine rings is 1. The smallest absolute Gasteiger partial charge is 0.132 e. The molecule has 84 valence electrons. The van der Waals surface area contributed by atoms with Crippen molar-refractivity contribution in [3.8, 4) is 0 Å². The van der Waals surface area contributed by atoms with Crippen LogP contribution in [0.25, 0.3) is 10.9 Å². The van der Waals surface area contributed by atoms with Gasteiger partial charge in [0.1, 0.15) is 5.82 Å². The minimum absolute atomic E-state index is 0.135. The van der Waals surface area contributed by atoms with Gasteiger partial charge in [-0.1, -0.05) is 6.07 Å². The highest BCUT2D eigenvalue weighted by atomic mass is 19.1. The van der Waals surface area contributed by atoms with Gasteiger partial charge in [0, 0.05) is 29.1 Å². The van der Waals surface area contributed by atoms with Crippen LogP contribution in [-0.4, -0.2) is 18.1 Å². The Morgan fingerprint density at radius 3 is 3.00 bits per heavy atom. The van der Waals surface area contributed by atoms with Crippen molar-refractivity contribution in [2.45, 2.75) is 18.8 Å². The number of rotatable bonds is 1. The van der Waals surface area contributed by atoms with Gasteiger partial charge >= 0.3 is 0 Å². The highest BCUT2D eigenvalue weighted by Crippen LogP contribution is 2.27. The van der Waals surface area contributed by atoms with Gasteiger partial charge in [-0.05, 0) is 37.6 Å². The standard InChI is InChI=1S/C13H15FN2/c14-11-4-1-5-12-10(11)7-13(16-12)9-3-2-6-15-8-9/h1,4-5,7,9,15-16H,2-3,6,8H2. The lowest BCUT2D eigenvalue weighted by atomic mass is 9.96. The Labute approximate surface area is 93.9 Å². The van der Waals surface area contributed by atoms with Crippen LogP contribution < -0.4 is 5.32 Å². The Bertz CT molecular complexity index is 498. The van der Waals surface area contributed by atoms with Gasteiger partial charge in [0.2, 0.25) is 0 Å². The number of hydrogen-bond donors (Lipinski definition) is 2. The Kier molecular flexibility index (Phi) is 2.40. The zero-order chi connectivity index (χ0) is 11.0. The first kappa shape index (κ1) is 9.85. The molecule has 1 aliphatic heterocycles. The van der Waals surface area contributed by atoms with Crippen molar-refractivity contribution in [1.29, 1.82) is 0 Å². The molecule has 3 heteroatoms. The second-order valence-electron chi connectivity index (χ2n) is 4.47. The second-order valence-corrected chi connectivity index (χ2v) is 4.47. The van der Waals surface area contributed by atoms with Crippen LogP contribution in [-0.2, 0) is 0 Å². The number of nitrogens with one attached hydrogen (secondary N) is 2. The zero-order valence-electron chi connectivity index (χ0n) is 9.09. The summed E-state index contributed by atoms with van der Waals surface area (Å²) < 4.78 is 13.5. The van der Waals surface area contributed by atoms with E-state index in [-0.39, 0.29) is 5.82 Å². The van der Waals surface area contributed by atoms with Crippen molar-refractivity contribution in [2.75, 3.05) is 13.1 Å². The van der Waals surface area contributed by atoms with Gasteiger partial charge in [0.25, 0.3) is 0 Å². The molecule has 2 heterocycles. The fourth-order valence-electron chi connectivity index (χ4n) is 2.48. The minimum Gasteiger partial charge on any atom is -0.358 e. The Hall–Kier alpha value is -1.35. The third kappa shape index (κ3) is 1.61. The maximum atomic E-state index is 13.5. The lowest BCUT2D eigenvalue weighted by Gasteiger charge is -2.21. The molecule has 0 radical (unpaired) electrons. The summed E-state index contributed by atoms with van der Waals surface area (Å²) in [7, 11) is 0. The molecule has 1 fully saturated rings. The van der Waals surface area contributed by atoms with E-state index < -0.39 is 0 Å². The van der Waals surface area contributed by atoms with Crippen LogP contribution in [0.3, 0.4) is 0 Å². The number of aromatic nitrogens is 1. The molecule has 0 spiro atoms. The maximum absolute atomic E-state index is 13.5. The fraction of sp³-hybridized carbons (Fsp3) is 0.385. The summed E-state index contributed by atoms with van der Waals surface area (Å²) in [5, 5.41) is 4.09. The summed E-state index contributed by atoms with van der Waals surface area (Å²) in [6.45, 7) is 2.10. The molecule has 1 aliphatic rings. The molecule has 1 saturated heterocycles. The van der Waals surface area contributed by atoms with E-state index in [4.69, 9.17) is 0 Å². The topological polar surface area (TPSA) is 27.8 Å². The second kappa shape index (κ2) is 3.91. The van der Waals surface area contributed by atoms with Crippen molar-refractivity contribution >= 4 is 10.9 Å². The zero-order valence-corrected chi connectivity index (χ0v) is 9.09. The van der Waals surface area contributed by atoms with E-state index in [9.17, 15) is 4.39 Å². The molecule has 3 rings (SSSR count). The van der Waals surface area contributed by atoms with Gasteiger partial charge in [-0.2, -0.15) is 0 Å². The van der Waals surface area contributed by atoms with E-state index >= 15 is 0 Å². The summed E-state index contributed by atoms with van der Waals surface area (Å²) in [5.74, 6) is 0.365. The molecule has 0 aliphatic carbocycles. The minimum atomic E-state index is -0.135. The van der Waals surface area contributed by atoms with Crippen LogP contribution in [0.4, 0.5) is 4.39 Å². The molecule has 0 saturated carbocycles. The lowest BCUT2D eigenvalue weighted by Crippen LogP contribution is -2.28. The molecular weight excluding hydrogens is 203 g/mol. The Morgan fingerprint density at radius 2 is 2.25 bits per heavy atom. The molecule has 1 aromatic carbocycles. The quantitative estimate of drug-likeness (QED) is 0.756. The van der Waals surface area contributed by atoms with Gasteiger partial charge in [0.05, 0.1) is 0 Å². The van der Waals surface area contributed by atoms with E-state index in [0.717, 1.165) is 24.3 Å². The van der Waals surface area contributed by atoms with Crippen molar-refractivity contribution < 1.29 is 4.39 Å². The number of aromatic amines is 1. The summed E-state index contributed by atoms with van der Waals surface area (Å²) in [5.41, 5.74) is 2.06. The molecule has 2 nitrogen and oxygen atoms in total. The van der Waals surface area contributed by atoms with Crippen molar-refractivity contribution in [1.82, 2.24) is 10.3 Å². The predicted molar refractivity (Wildman–Crippen MR) is 63.1 cm³/mol. The van der Waals surface area contributed by atoms with Crippen LogP contribution >= 0.6 is 0 Å². The number of halogens is 1. The van der Waals surface area contributed by atoms with Gasteiger partial charge in [-0.3, -0.25) is 0 Å². The molecule has 2 N–H and O–H groups in total. The summed E-state index contributed by atoms with van der Waals surface area (Å²) >= 11 is 0. The van der Waals surface area contributed by atoms with Crippen molar-refractivity contribution in [3.63, 3.8) is 0 Å². The first-order chi connectivity index (χ1) is 7.84. The van der Waals surface area contributed by atoms with Gasteiger partial charge in [0.15, 0.2) is 0 Å². The van der Waals surface area contributed by atoms with Crippen LogP contribution in [0.2, 0.25) is 0 Å². The summed E-state index contributed by atoms with van der Waals surface area (Å²) in [6, 6.07) is 7.15. The average Bonchev–Trinajstić information content (AvgIpc) is 2.76. The molecule has 16 heavy (non-hydrogen) atoms. The highest BCUT2D eigenvalue weighted by molar-refractivity contribution is 5.81. The number of H-pyrrole nitrogens is 1. The number of benzene rings is 1. The molecule has 0 bridgehead atoms. The Morgan fingerprint density at radius 1 is 1.31 bits per heavy atom. The third-order valence-corrected chi connectivity index (χ3v) is 3.37. The van der Waals surface area contributed by atoms with E-state index in [0.29, 0.717) is 11.3 Å². The molecule has 1 aromatic heterocycles. The SMILES string of the molecule is Fc1cccc2[nH]c(C3CCCNC3)cc12. The molecule has 1 atom stereocenters.